The third-order valence-corrected chi connectivity index (χ3v) is 5.42. The van der Waals surface area contributed by atoms with Gasteiger partial charge in [-0.3, -0.25) is 4.90 Å². The van der Waals surface area contributed by atoms with Gasteiger partial charge in [-0.15, -0.1) is 11.3 Å². The molecule has 1 unspecified atom stereocenters. The second-order valence-electron chi connectivity index (χ2n) is 6.11. The maximum absolute atomic E-state index is 5.66. The summed E-state index contributed by atoms with van der Waals surface area (Å²) in [5, 5.41) is 2.05. The first-order chi connectivity index (χ1) is 11.3. The number of aryl methyl sites for hydroxylation is 1. The van der Waals surface area contributed by atoms with E-state index in [9.17, 15) is 0 Å². The van der Waals surface area contributed by atoms with Crippen LogP contribution < -0.4 is 0 Å². The van der Waals surface area contributed by atoms with Crippen molar-refractivity contribution in [2.24, 2.45) is 0 Å². The first-order valence-corrected chi connectivity index (χ1v) is 8.97. The molecule has 1 aliphatic rings. The zero-order chi connectivity index (χ0) is 15.6. The molecule has 118 valence electrons. The van der Waals surface area contributed by atoms with Gasteiger partial charge in [-0.2, -0.15) is 0 Å². The fourth-order valence-electron chi connectivity index (χ4n) is 3.43. The average molecular weight is 324 g/mol. The third kappa shape index (κ3) is 2.96. The number of nitrogens with zero attached hydrogens (tertiary/aromatic N) is 2. The van der Waals surface area contributed by atoms with Gasteiger partial charge < -0.3 is 4.42 Å². The Morgan fingerprint density at radius 2 is 2.17 bits per heavy atom. The minimum Gasteiger partial charge on any atom is -0.444 e. The minimum absolute atomic E-state index is 0.498. The van der Waals surface area contributed by atoms with Crippen molar-refractivity contribution >= 4 is 11.3 Å². The van der Waals surface area contributed by atoms with Crippen molar-refractivity contribution in [1.29, 1.82) is 0 Å². The van der Waals surface area contributed by atoms with Crippen LogP contribution in [0.15, 0.2) is 52.5 Å². The molecule has 1 saturated heterocycles. The molecule has 1 aromatic carbocycles. The van der Waals surface area contributed by atoms with Crippen LogP contribution in [0.3, 0.4) is 0 Å². The summed E-state index contributed by atoms with van der Waals surface area (Å²) < 4.78 is 5.66. The standard InChI is InChI=1S/C19H20N2OS/c1-14-6-2-3-7-16(14)17-8-4-10-21(17)12-15-13-22-19(20-15)18-9-5-11-23-18/h2-3,5-7,9,11,13,17H,4,8,10,12H2,1H3. The van der Waals surface area contributed by atoms with E-state index in [-0.39, 0.29) is 0 Å². The average Bonchev–Trinajstić information content (AvgIpc) is 3.29. The first-order valence-electron chi connectivity index (χ1n) is 8.09. The topological polar surface area (TPSA) is 29.3 Å². The van der Waals surface area contributed by atoms with E-state index in [2.05, 4.69) is 41.1 Å². The van der Waals surface area contributed by atoms with Gasteiger partial charge in [0.05, 0.1) is 10.6 Å². The van der Waals surface area contributed by atoms with Gasteiger partial charge in [0.15, 0.2) is 0 Å². The Bertz CT molecular complexity index is 778. The zero-order valence-electron chi connectivity index (χ0n) is 13.2. The molecule has 1 atom stereocenters. The van der Waals surface area contributed by atoms with E-state index >= 15 is 0 Å². The monoisotopic (exact) mass is 324 g/mol. The highest BCUT2D eigenvalue weighted by molar-refractivity contribution is 7.13. The van der Waals surface area contributed by atoms with E-state index in [1.165, 1.54) is 24.0 Å². The van der Waals surface area contributed by atoms with Gasteiger partial charge in [-0.25, -0.2) is 4.98 Å². The molecule has 3 nitrogen and oxygen atoms in total. The summed E-state index contributed by atoms with van der Waals surface area (Å²) in [5.74, 6) is 0.738. The summed E-state index contributed by atoms with van der Waals surface area (Å²) in [5.41, 5.74) is 3.85. The fraction of sp³-hybridized carbons (Fsp3) is 0.316. The number of oxazole rings is 1. The van der Waals surface area contributed by atoms with Gasteiger partial charge in [-0.1, -0.05) is 30.3 Å². The lowest BCUT2D eigenvalue weighted by atomic mass is 9.99. The number of aromatic nitrogens is 1. The lowest BCUT2D eigenvalue weighted by Gasteiger charge is -2.25. The van der Waals surface area contributed by atoms with E-state index in [1.54, 1.807) is 11.3 Å². The van der Waals surface area contributed by atoms with Gasteiger partial charge in [0.2, 0.25) is 5.89 Å². The van der Waals surface area contributed by atoms with Crippen molar-refractivity contribution < 1.29 is 4.42 Å². The number of benzene rings is 1. The summed E-state index contributed by atoms with van der Waals surface area (Å²) in [6, 6.07) is 13.3. The molecule has 0 N–H and O–H groups in total. The Morgan fingerprint density at radius 1 is 1.26 bits per heavy atom. The van der Waals surface area contributed by atoms with Gasteiger partial charge >= 0.3 is 0 Å². The normalized spacial score (nSPS) is 18.6. The smallest absolute Gasteiger partial charge is 0.236 e. The molecule has 1 fully saturated rings. The zero-order valence-corrected chi connectivity index (χ0v) is 14.1. The molecule has 0 amide bonds. The van der Waals surface area contributed by atoms with E-state index in [4.69, 9.17) is 4.42 Å². The fourth-order valence-corrected chi connectivity index (χ4v) is 4.08. The quantitative estimate of drug-likeness (QED) is 0.672. The van der Waals surface area contributed by atoms with Crippen molar-refractivity contribution in [3.8, 4) is 10.8 Å². The van der Waals surface area contributed by atoms with Gasteiger partial charge in [-0.05, 0) is 48.9 Å². The van der Waals surface area contributed by atoms with Crippen LogP contribution in [0.5, 0.6) is 0 Å². The number of likely N-dealkylation sites (tertiary alicyclic amines) is 1. The largest absolute Gasteiger partial charge is 0.444 e. The molecule has 0 spiro atoms. The number of hydrogen-bond acceptors (Lipinski definition) is 4. The van der Waals surface area contributed by atoms with Crippen LogP contribution in [-0.4, -0.2) is 16.4 Å². The summed E-state index contributed by atoms with van der Waals surface area (Å²) >= 11 is 1.66. The Morgan fingerprint density at radius 3 is 3.00 bits per heavy atom. The minimum atomic E-state index is 0.498. The van der Waals surface area contributed by atoms with Crippen molar-refractivity contribution in [2.75, 3.05) is 6.54 Å². The molecule has 1 aliphatic heterocycles. The second kappa shape index (κ2) is 6.30. The van der Waals surface area contributed by atoms with Crippen molar-refractivity contribution in [1.82, 2.24) is 9.88 Å². The highest BCUT2D eigenvalue weighted by atomic mass is 32.1. The predicted molar refractivity (Wildman–Crippen MR) is 93.4 cm³/mol. The van der Waals surface area contributed by atoms with Gasteiger partial charge in [0.1, 0.15) is 6.26 Å². The van der Waals surface area contributed by atoms with Crippen LogP contribution in [0.25, 0.3) is 10.8 Å². The van der Waals surface area contributed by atoms with E-state index < -0.39 is 0 Å². The molecule has 23 heavy (non-hydrogen) atoms. The molecular weight excluding hydrogens is 304 g/mol. The molecule has 0 saturated carbocycles. The van der Waals surface area contributed by atoms with Crippen LogP contribution in [0, 0.1) is 6.92 Å². The van der Waals surface area contributed by atoms with E-state index in [0.717, 1.165) is 29.6 Å². The van der Waals surface area contributed by atoms with E-state index in [0.29, 0.717) is 6.04 Å². The predicted octanol–water partition coefficient (Wildman–Crippen LogP) is 5.05. The SMILES string of the molecule is Cc1ccccc1C1CCCN1Cc1coc(-c2cccs2)n1. The Hall–Kier alpha value is -1.91. The maximum atomic E-state index is 5.66. The highest BCUT2D eigenvalue weighted by Gasteiger charge is 2.27. The van der Waals surface area contributed by atoms with Crippen molar-refractivity contribution in [3.63, 3.8) is 0 Å². The van der Waals surface area contributed by atoms with Gasteiger partial charge in [0.25, 0.3) is 0 Å². The summed E-state index contributed by atoms with van der Waals surface area (Å²) in [7, 11) is 0. The molecule has 0 aliphatic carbocycles. The number of hydrogen-bond donors (Lipinski definition) is 0. The molecule has 4 rings (SSSR count). The molecule has 0 bridgehead atoms. The highest BCUT2D eigenvalue weighted by Crippen LogP contribution is 2.35. The number of rotatable bonds is 4. The lowest BCUT2D eigenvalue weighted by Crippen LogP contribution is -2.23. The maximum Gasteiger partial charge on any atom is 0.236 e. The Labute approximate surface area is 140 Å². The first kappa shape index (κ1) is 14.7. The van der Waals surface area contributed by atoms with Gasteiger partial charge in [0, 0.05) is 12.6 Å². The van der Waals surface area contributed by atoms with Crippen LogP contribution in [0.1, 0.15) is 35.7 Å². The van der Waals surface area contributed by atoms with Crippen LogP contribution in [0.2, 0.25) is 0 Å². The second-order valence-corrected chi connectivity index (χ2v) is 7.05. The Kier molecular flexibility index (Phi) is 4.02. The summed E-state index contributed by atoms with van der Waals surface area (Å²) in [6.45, 7) is 4.19. The third-order valence-electron chi connectivity index (χ3n) is 4.56. The summed E-state index contributed by atoms with van der Waals surface area (Å²) in [4.78, 5) is 8.29. The summed E-state index contributed by atoms with van der Waals surface area (Å²) in [6.07, 6.45) is 4.28. The van der Waals surface area contributed by atoms with Crippen molar-refractivity contribution in [3.05, 3.63) is 64.9 Å². The van der Waals surface area contributed by atoms with Crippen LogP contribution >= 0.6 is 11.3 Å². The molecule has 3 heterocycles. The molecule has 0 radical (unpaired) electrons. The lowest BCUT2D eigenvalue weighted by molar-refractivity contribution is 0.245. The molecule has 3 aromatic rings. The molecule has 2 aromatic heterocycles. The Balaban J connectivity index is 1.53. The molecule has 4 heteroatoms. The van der Waals surface area contributed by atoms with Crippen molar-refractivity contribution in [2.45, 2.75) is 32.4 Å². The number of thiophene rings is 1. The molecular formula is C19H20N2OS. The van der Waals surface area contributed by atoms with E-state index in [1.807, 2.05) is 23.8 Å². The van der Waals surface area contributed by atoms with Crippen LogP contribution in [0.4, 0.5) is 0 Å². The van der Waals surface area contributed by atoms with Crippen LogP contribution in [-0.2, 0) is 6.54 Å².